The van der Waals surface area contributed by atoms with E-state index in [1.54, 1.807) is 6.26 Å². The zero-order valence-electron chi connectivity index (χ0n) is 15.8. The number of ether oxygens (including phenoxy) is 1. The van der Waals surface area contributed by atoms with Gasteiger partial charge in [0, 0.05) is 5.39 Å². The van der Waals surface area contributed by atoms with Crippen LogP contribution in [0.4, 0.5) is 0 Å². The van der Waals surface area contributed by atoms with Crippen LogP contribution in [0.1, 0.15) is 39.4 Å². The lowest BCUT2D eigenvalue weighted by Gasteiger charge is -2.12. The fourth-order valence-electron chi connectivity index (χ4n) is 3.85. The Morgan fingerprint density at radius 1 is 1.00 bits per heavy atom. The highest BCUT2D eigenvalue weighted by atomic mass is 16.5. The van der Waals surface area contributed by atoms with Crippen LogP contribution in [-0.2, 0) is 17.8 Å². The molecule has 1 aliphatic carbocycles. The molecule has 0 unspecified atom stereocenters. The molecule has 2 heterocycles. The Morgan fingerprint density at radius 3 is 2.66 bits per heavy atom. The van der Waals surface area contributed by atoms with E-state index >= 15 is 0 Å². The van der Waals surface area contributed by atoms with E-state index in [1.807, 2.05) is 72.8 Å². The van der Waals surface area contributed by atoms with E-state index in [-0.39, 0.29) is 12.6 Å². The maximum absolute atomic E-state index is 13.1. The third-order valence-electron chi connectivity index (χ3n) is 5.22. The molecular weight excluding hydrogens is 362 g/mol. The molecule has 0 atom stereocenters. The summed E-state index contributed by atoms with van der Waals surface area (Å²) in [5.41, 5.74) is 5.30. The van der Waals surface area contributed by atoms with Gasteiger partial charge in [0.2, 0.25) is 0 Å². The molecule has 142 valence electrons. The van der Waals surface area contributed by atoms with Crippen molar-refractivity contribution in [2.24, 2.45) is 0 Å². The summed E-state index contributed by atoms with van der Waals surface area (Å²) >= 11 is 0. The molecule has 4 heteroatoms. The monoisotopic (exact) mass is 381 g/mol. The Balaban J connectivity index is 1.57. The summed E-state index contributed by atoms with van der Waals surface area (Å²) in [6.45, 7) is 0.250. The molecule has 0 amide bonds. The molecule has 4 nitrogen and oxygen atoms in total. The highest BCUT2D eigenvalue weighted by Crippen LogP contribution is 2.37. The fourth-order valence-corrected chi connectivity index (χ4v) is 3.85. The van der Waals surface area contributed by atoms with Gasteiger partial charge in [0.1, 0.15) is 12.4 Å². The number of pyridine rings is 1. The van der Waals surface area contributed by atoms with E-state index in [9.17, 15) is 4.79 Å². The number of aromatic nitrogens is 1. The van der Waals surface area contributed by atoms with Gasteiger partial charge in [0.05, 0.1) is 23.0 Å². The summed E-state index contributed by atoms with van der Waals surface area (Å²) in [6, 6.07) is 21.2. The molecule has 0 bridgehead atoms. The van der Waals surface area contributed by atoms with Crippen molar-refractivity contribution in [1.29, 1.82) is 0 Å². The van der Waals surface area contributed by atoms with Gasteiger partial charge in [-0.2, -0.15) is 0 Å². The van der Waals surface area contributed by atoms with E-state index in [1.165, 1.54) is 0 Å². The normalized spacial score (nSPS) is 14.3. The van der Waals surface area contributed by atoms with Crippen LogP contribution in [0.15, 0.2) is 77.4 Å². The summed E-state index contributed by atoms with van der Waals surface area (Å²) in [4.78, 5) is 18.0. The molecule has 0 radical (unpaired) electrons. The smallest absolute Gasteiger partial charge is 0.339 e. The summed E-state index contributed by atoms with van der Waals surface area (Å²) in [5.74, 6) is 0.485. The molecule has 0 spiro atoms. The summed E-state index contributed by atoms with van der Waals surface area (Å²) in [6.07, 6.45) is 5.24. The largest absolute Gasteiger partial charge is 0.465 e. The number of hydrogen-bond donors (Lipinski definition) is 0. The van der Waals surface area contributed by atoms with Crippen LogP contribution in [-0.4, -0.2) is 11.0 Å². The van der Waals surface area contributed by atoms with Crippen molar-refractivity contribution in [3.8, 4) is 0 Å². The van der Waals surface area contributed by atoms with E-state index in [0.29, 0.717) is 5.56 Å². The Bertz CT molecular complexity index is 1210. The van der Waals surface area contributed by atoms with Crippen molar-refractivity contribution in [3.05, 3.63) is 101 Å². The lowest BCUT2D eigenvalue weighted by Crippen LogP contribution is -2.10. The zero-order chi connectivity index (χ0) is 19.6. The minimum Gasteiger partial charge on any atom is -0.465 e. The Labute approximate surface area is 168 Å². The molecule has 0 saturated carbocycles. The molecular formula is C25H19NO3. The number of esters is 1. The van der Waals surface area contributed by atoms with E-state index in [2.05, 4.69) is 0 Å². The standard InChI is InChI=1S/C25H19NO3/c27-25(29-16-17-7-2-1-3-8-17)23-20-10-4-5-11-22(20)26-24-18(12-13-21(23)24)15-19-9-6-14-28-19/h1-11,14-15H,12-13,16H2/b18-15-. The third-order valence-corrected chi connectivity index (χ3v) is 5.22. The third kappa shape index (κ3) is 3.34. The molecule has 2 aromatic carbocycles. The first kappa shape index (κ1) is 17.4. The average molecular weight is 381 g/mol. The van der Waals surface area contributed by atoms with Crippen molar-refractivity contribution in [3.63, 3.8) is 0 Å². The second-order valence-corrected chi connectivity index (χ2v) is 7.08. The number of carbonyl (C=O) groups is 1. The lowest BCUT2D eigenvalue weighted by atomic mass is 10.0. The number of fused-ring (bicyclic) bond motifs is 2. The molecule has 0 saturated heterocycles. The van der Waals surface area contributed by atoms with Crippen molar-refractivity contribution >= 4 is 28.5 Å². The van der Waals surface area contributed by atoms with Crippen LogP contribution in [0, 0.1) is 0 Å². The number of para-hydroxylation sites is 1. The Hall–Kier alpha value is -3.66. The van der Waals surface area contributed by atoms with Gasteiger partial charge in [0.25, 0.3) is 0 Å². The zero-order valence-corrected chi connectivity index (χ0v) is 15.8. The van der Waals surface area contributed by atoms with E-state index in [0.717, 1.165) is 51.9 Å². The van der Waals surface area contributed by atoms with Crippen molar-refractivity contribution in [2.75, 3.05) is 0 Å². The van der Waals surface area contributed by atoms with Gasteiger partial charge in [-0.15, -0.1) is 0 Å². The molecule has 0 aliphatic heterocycles. The number of rotatable bonds is 4. The first-order valence-corrected chi connectivity index (χ1v) is 9.67. The van der Waals surface area contributed by atoms with Gasteiger partial charge in [-0.05, 0) is 53.8 Å². The van der Waals surface area contributed by atoms with Crippen LogP contribution in [0.2, 0.25) is 0 Å². The minimum atomic E-state index is -0.303. The second kappa shape index (κ2) is 7.40. The van der Waals surface area contributed by atoms with Gasteiger partial charge in [-0.25, -0.2) is 9.78 Å². The highest BCUT2D eigenvalue weighted by Gasteiger charge is 2.27. The topological polar surface area (TPSA) is 52.3 Å². The Morgan fingerprint density at radius 2 is 1.83 bits per heavy atom. The molecule has 4 aromatic rings. The fraction of sp³-hybridized carbons (Fsp3) is 0.120. The number of hydrogen-bond acceptors (Lipinski definition) is 4. The van der Waals surface area contributed by atoms with Gasteiger partial charge >= 0.3 is 5.97 Å². The van der Waals surface area contributed by atoms with Crippen LogP contribution in [0.3, 0.4) is 0 Å². The highest BCUT2D eigenvalue weighted by molar-refractivity contribution is 6.07. The van der Waals surface area contributed by atoms with Crippen LogP contribution in [0.25, 0.3) is 22.6 Å². The predicted octanol–water partition coefficient (Wildman–Crippen LogP) is 5.67. The number of carbonyl (C=O) groups excluding carboxylic acids is 1. The van der Waals surface area contributed by atoms with Gasteiger partial charge in [0.15, 0.2) is 0 Å². The number of nitrogens with zero attached hydrogens (tertiary/aromatic N) is 1. The number of furan rings is 1. The average Bonchev–Trinajstić information content (AvgIpc) is 3.42. The van der Waals surface area contributed by atoms with E-state index in [4.69, 9.17) is 14.1 Å². The quantitative estimate of drug-likeness (QED) is 0.427. The molecule has 0 N–H and O–H groups in total. The Kier molecular flexibility index (Phi) is 4.45. The van der Waals surface area contributed by atoms with Gasteiger partial charge < -0.3 is 9.15 Å². The van der Waals surface area contributed by atoms with Gasteiger partial charge in [-0.1, -0.05) is 48.5 Å². The lowest BCUT2D eigenvalue weighted by molar-refractivity contribution is 0.0474. The minimum absolute atomic E-state index is 0.250. The van der Waals surface area contributed by atoms with E-state index < -0.39 is 0 Å². The second-order valence-electron chi connectivity index (χ2n) is 7.08. The maximum atomic E-state index is 13.1. The summed E-state index contributed by atoms with van der Waals surface area (Å²) < 4.78 is 11.2. The molecule has 0 fully saturated rings. The van der Waals surface area contributed by atoms with Crippen LogP contribution in [0.5, 0.6) is 0 Å². The van der Waals surface area contributed by atoms with Crippen molar-refractivity contribution in [1.82, 2.24) is 4.98 Å². The van der Waals surface area contributed by atoms with Crippen LogP contribution < -0.4 is 0 Å². The number of allylic oxidation sites excluding steroid dienone is 1. The first-order valence-electron chi connectivity index (χ1n) is 9.67. The predicted molar refractivity (Wildman–Crippen MR) is 112 cm³/mol. The molecule has 1 aliphatic rings. The van der Waals surface area contributed by atoms with Crippen molar-refractivity contribution < 1.29 is 13.9 Å². The number of benzene rings is 2. The van der Waals surface area contributed by atoms with Gasteiger partial charge in [-0.3, -0.25) is 0 Å². The first-order chi connectivity index (χ1) is 14.3. The molecule has 2 aromatic heterocycles. The summed E-state index contributed by atoms with van der Waals surface area (Å²) in [7, 11) is 0. The van der Waals surface area contributed by atoms with Crippen molar-refractivity contribution in [2.45, 2.75) is 19.4 Å². The maximum Gasteiger partial charge on any atom is 0.339 e. The molecule has 29 heavy (non-hydrogen) atoms. The molecule has 5 rings (SSSR count). The van der Waals surface area contributed by atoms with Crippen LogP contribution >= 0.6 is 0 Å². The SMILES string of the molecule is O=C(OCc1ccccc1)c1c2c(nc3ccccc13)/C(=C\c1ccco1)CC2. The summed E-state index contributed by atoms with van der Waals surface area (Å²) in [5, 5.41) is 0.837.